The van der Waals surface area contributed by atoms with Crippen molar-refractivity contribution >= 4 is 7.85 Å². The largest absolute Gasteiger partial charge is 0.109 e. The van der Waals surface area contributed by atoms with Gasteiger partial charge in [-0.2, -0.15) is 0 Å². The third-order valence-corrected chi connectivity index (χ3v) is 8.66. The predicted molar refractivity (Wildman–Crippen MR) is 114 cm³/mol. The Balaban J connectivity index is 1.92. The molecule has 0 nitrogen and oxygen atoms in total. The third kappa shape index (κ3) is 4.87. The molecule has 3 saturated carbocycles. The quantitative estimate of drug-likeness (QED) is 0.367. The first-order valence-corrected chi connectivity index (χ1v) is 12.1. The summed E-state index contributed by atoms with van der Waals surface area (Å²) in [6.45, 7) is 5.10. The van der Waals surface area contributed by atoms with Gasteiger partial charge in [-0.15, -0.1) is 0 Å². The van der Waals surface area contributed by atoms with Gasteiger partial charge in [0, 0.05) is 0 Å². The fourth-order valence-corrected chi connectivity index (χ4v) is 7.36. The highest BCUT2D eigenvalue weighted by Crippen LogP contribution is 2.58. The van der Waals surface area contributed by atoms with Crippen LogP contribution in [0.15, 0.2) is 0 Å². The second-order valence-corrected chi connectivity index (χ2v) is 10.7. The predicted octanol–water partition coefficient (Wildman–Crippen LogP) is 7.18. The van der Waals surface area contributed by atoms with Crippen LogP contribution in [-0.2, 0) is 0 Å². The molecule has 0 heterocycles. The highest BCUT2D eigenvalue weighted by molar-refractivity contribution is 6.15. The van der Waals surface area contributed by atoms with Gasteiger partial charge in [-0.1, -0.05) is 109 Å². The molecular weight excluding hydrogens is 299 g/mol. The van der Waals surface area contributed by atoms with Gasteiger partial charge in [0.1, 0.15) is 7.85 Å². The first-order chi connectivity index (χ1) is 12.1. The van der Waals surface area contributed by atoms with Crippen LogP contribution in [0.25, 0.3) is 0 Å². The van der Waals surface area contributed by atoms with Gasteiger partial charge in [0.25, 0.3) is 0 Å². The zero-order valence-electron chi connectivity index (χ0n) is 17.7. The Bertz CT molecular complexity index is 380. The van der Waals surface area contributed by atoms with E-state index in [0.717, 1.165) is 29.6 Å². The lowest BCUT2D eigenvalue weighted by atomic mass is 9.48. The van der Waals surface area contributed by atoms with E-state index < -0.39 is 0 Å². The van der Waals surface area contributed by atoms with Crippen LogP contribution < -0.4 is 0 Å². The van der Waals surface area contributed by atoms with Crippen molar-refractivity contribution in [2.24, 2.45) is 29.6 Å². The SMILES string of the molecule is BC1(C2C(C(C)C)CCCC3CCCCCCCC32)CCCCCC1. The lowest BCUT2D eigenvalue weighted by Gasteiger charge is -2.49. The summed E-state index contributed by atoms with van der Waals surface area (Å²) in [5, 5.41) is 0.646. The maximum Gasteiger partial charge on any atom is 0.109 e. The van der Waals surface area contributed by atoms with Crippen molar-refractivity contribution in [2.75, 3.05) is 0 Å². The van der Waals surface area contributed by atoms with Gasteiger partial charge in [0.15, 0.2) is 0 Å². The minimum Gasteiger partial charge on any atom is -0.0625 e. The molecule has 0 spiro atoms. The van der Waals surface area contributed by atoms with E-state index in [1.807, 2.05) is 0 Å². The lowest BCUT2D eigenvalue weighted by Crippen LogP contribution is -2.39. The van der Waals surface area contributed by atoms with Gasteiger partial charge in [0.2, 0.25) is 0 Å². The Morgan fingerprint density at radius 1 is 0.680 bits per heavy atom. The number of fused-ring (bicyclic) bond motifs is 1. The van der Waals surface area contributed by atoms with Crippen LogP contribution in [0.1, 0.15) is 117 Å². The van der Waals surface area contributed by atoms with Gasteiger partial charge < -0.3 is 0 Å². The highest BCUT2D eigenvalue weighted by Gasteiger charge is 2.47. The van der Waals surface area contributed by atoms with Crippen LogP contribution in [0.5, 0.6) is 0 Å². The zero-order valence-corrected chi connectivity index (χ0v) is 17.7. The molecule has 0 bridgehead atoms. The molecule has 0 amide bonds. The molecule has 0 aromatic carbocycles. The van der Waals surface area contributed by atoms with E-state index in [9.17, 15) is 0 Å². The first kappa shape index (κ1) is 19.8. The van der Waals surface area contributed by atoms with Crippen molar-refractivity contribution < 1.29 is 0 Å². The first-order valence-electron chi connectivity index (χ1n) is 12.1. The summed E-state index contributed by atoms with van der Waals surface area (Å²) in [7, 11) is 2.74. The lowest BCUT2D eigenvalue weighted by molar-refractivity contribution is 0.0767. The van der Waals surface area contributed by atoms with Crippen LogP contribution in [-0.4, -0.2) is 7.85 Å². The van der Waals surface area contributed by atoms with Crippen molar-refractivity contribution in [1.82, 2.24) is 0 Å². The van der Waals surface area contributed by atoms with Crippen molar-refractivity contribution in [3.05, 3.63) is 0 Å². The van der Waals surface area contributed by atoms with E-state index in [1.54, 1.807) is 19.3 Å². The summed E-state index contributed by atoms with van der Waals surface area (Å²) < 4.78 is 0. The van der Waals surface area contributed by atoms with Crippen LogP contribution in [0.2, 0.25) is 5.31 Å². The minimum absolute atomic E-state index is 0.646. The van der Waals surface area contributed by atoms with Gasteiger partial charge in [-0.25, -0.2) is 0 Å². The maximum absolute atomic E-state index is 2.74. The fraction of sp³-hybridized carbons (Fsp3) is 1.00. The summed E-state index contributed by atoms with van der Waals surface area (Å²) in [6.07, 6.45) is 24.4. The van der Waals surface area contributed by atoms with Crippen molar-refractivity contribution in [3.63, 3.8) is 0 Å². The Hall–Kier alpha value is 0.0649. The van der Waals surface area contributed by atoms with E-state index >= 15 is 0 Å². The van der Waals surface area contributed by atoms with Gasteiger partial charge in [0.05, 0.1) is 0 Å². The second kappa shape index (κ2) is 9.32. The van der Waals surface area contributed by atoms with Gasteiger partial charge >= 0.3 is 0 Å². The average Bonchev–Trinajstić information content (AvgIpc) is 2.86. The van der Waals surface area contributed by atoms with Crippen LogP contribution in [0.4, 0.5) is 0 Å². The highest BCUT2D eigenvalue weighted by atomic mass is 14.5. The molecule has 4 unspecified atom stereocenters. The van der Waals surface area contributed by atoms with E-state index in [1.165, 1.54) is 83.5 Å². The fourth-order valence-electron chi connectivity index (χ4n) is 7.36. The monoisotopic (exact) mass is 344 g/mol. The topological polar surface area (TPSA) is 0 Å². The zero-order chi connectivity index (χ0) is 17.7. The molecule has 0 radical (unpaired) electrons. The average molecular weight is 344 g/mol. The maximum atomic E-state index is 2.74. The molecule has 144 valence electrons. The Labute approximate surface area is 159 Å². The minimum atomic E-state index is 0.646. The number of hydrogen-bond donors (Lipinski definition) is 0. The molecule has 3 fully saturated rings. The number of rotatable bonds is 2. The molecule has 3 aliphatic carbocycles. The van der Waals surface area contributed by atoms with Gasteiger partial charge in [-0.05, 0) is 42.4 Å². The standard InChI is InChI=1S/C24H45B/c1-19(2)21-16-12-14-20-13-8-4-3-5-9-15-22(20)23(21)24(25)17-10-6-7-11-18-24/h19-23H,3-18,25H2,1-2H3. The van der Waals surface area contributed by atoms with Gasteiger partial charge in [-0.3, -0.25) is 0 Å². The van der Waals surface area contributed by atoms with Crippen LogP contribution in [0, 0.1) is 29.6 Å². The summed E-state index contributed by atoms with van der Waals surface area (Å²) in [5.41, 5.74) is 0. The van der Waals surface area contributed by atoms with E-state index in [-0.39, 0.29) is 0 Å². The molecule has 3 aliphatic rings. The second-order valence-electron chi connectivity index (χ2n) is 10.7. The summed E-state index contributed by atoms with van der Waals surface area (Å²) in [4.78, 5) is 0. The van der Waals surface area contributed by atoms with E-state index in [0.29, 0.717) is 5.31 Å². The Morgan fingerprint density at radius 2 is 1.24 bits per heavy atom. The number of hydrogen-bond acceptors (Lipinski definition) is 0. The molecule has 0 aliphatic heterocycles. The molecule has 1 heteroatoms. The summed E-state index contributed by atoms with van der Waals surface area (Å²) >= 11 is 0. The Morgan fingerprint density at radius 3 is 1.92 bits per heavy atom. The molecule has 3 rings (SSSR count). The third-order valence-electron chi connectivity index (χ3n) is 8.66. The molecule has 0 saturated heterocycles. The van der Waals surface area contributed by atoms with Crippen LogP contribution in [0.3, 0.4) is 0 Å². The van der Waals surface area contributed by atoms with Crippen molar-refractivity contribution in [3.8, 4) is 0 Å². The van der Waals surface area contributed by atoms with Crippen LogP contribution >= 0.6 is 0 Å². The molecule has 0 aromatic rings. The smallest absolute Gasteiger partial charge is 0.0625 e. The van der Waals surface area contributed by atoms with E-state index in [4.69, 9.17) is 0 Å². The van der Waals surface area contributed by atoms with Crippen molar-refractivity contribution in [1.29, 1.82) is 0 Å². The normalized spacial score (nSPS) is 37.9. The molecule has 0 N–H and O–H groups in total. The summed E-state index contributed by atoms with van der Waals surface area (Å²) in [6, 6.07) is 0. The molecule has 0 aromatic heterocycles. The molecule has 25 heavy (non-hydrogen) atoms. The van der Waals surface area contributed by atoms with Crippen molar-refractivity contribution in [2.45, 2.75) is 122 Å². The molecular formula is C24H45B. The van der Waals surface area contributed by atoms with E-state index in [2.05, 4.69) is 21.7 Å². The summed E-state index contributed by atoms with van der Waals surface area (Å²) in [5.74, 6) is 5.02. The Kier molecular flexibility index (Phi) is 7.39. The molecule has 4 atom stereocenters.